The van der Waals surface area contributed by atoms with Crippen molar-refractivity contribution in [3.63, 3.8) is 0 Å². The summed E-state index contributed by atoms with van der Waals surface area (Å²) in [6, 6.07) is 20.3. The summed E-state index contributed by atoms with van der Waals surface area (Å²) < 4.78 is 33.2. The van der Waals surface area contributed by atoms with Crippen molar-refractivity contribution in [1.29, 1.82) is 0 Å². The lowest BCUT2D eigenvalue weighted by Gasteiger charge is -2.13. The minimum Gasteiger partial charge on any atom is -0.497 e. The number of hydrogen-bond donors (Lipinski definition) is 2. The monoisotopic (exact) mass is 425 g/mol. The first-order chi connectivity index (χ1) is 14.4. The number of nitrogens with one attached hydrogen (secondary N) is 1. The van der Waals surface area contributed by atoms with E-state index in [0.717, 1.165) is 11.1 Å². The number of hydrogen-bond acceptors (Lipinski definition) is 4. The van der Waals surface area contributed by atoms with Gasteiger partial charge >= 0.3 is 5.97 Å². The summed E-state index contributed by atoms with van der Waals surface area (Å²) in [6.07, 6.45) is 1.88. The van der Waals surface area contributed by atoms with Crippen molar-refractivity contribution in [1.82, 2.24) is 0 Å². The van der Waals surface area contributed by atoms with Crippen LogP contribution in [0, 0.1) is 0 Å². The lowest BCUT2D eigenvalue weighted by Crippen LogP contribution is -2.14. The zero-order valence-corrected chi connectivity index (χ0v) is 17.4. The van der Waals surface area contributed by atoms with Gasteiger partial charge < -0.3 is 9.84 Å². The molecule has 0 atom stereocenters. The van der Waals surface area contributed by atoms with Gasteiger partial charge in [-0.05, 0) is 66.8 Å². The van der Waals surface area contributed by atoms with E-state index in [1.807, 2.05) is 24.3 Å². The SMILES string of the molecule is COc1ccc(S(=O)(=O)Nc2ccccc2CCCc2ccccc2C(=O)O)cc1. The van der Waals surface area contributed by atoms with E-state index in [0.29, 0.717) is 36.3 Å². The highest BCUT2D eigenvalue weighted by Crippen LogP contribution is 2.23. The molecule has 0 unspecified atom stereocenters. The Kier molecular flexibility index (Phi) is 6.74. The Morgan fingerprint density at radius 2 is 1.50 bits per heavy atom. The van der Waals surface area contributed by atoms with E-state index in [2.05, 4.69) is 4.72 Å². The minimum atomic E-state index is -3.74. The van der Waals surface area contributed by atoms with E-state index >= 15 is 0 Å². The summed E-state index contributed by atoms with van der Waals surface area (Å²) in [5, 5.41) is 9.31. The third-order valence-electron chi connectivity index (χ3n) is 4.77. The Labute approximate surface area is 176 Å². The van der Waals surface area contributed by atoms with Crippen molar-refractivity contribution in [2.45, 2.75) is 24.2 Å². The molecule has 0 bridgehead atoms. The number of carbonyl (C=O) groups is 1. The molecule has 0 spiro atoms. The van der Waals surface area contributed by atoms with E-state index in [4.69, 9.17) is 4.74 Å². The van der Waals surface area contributed by atoms with Crippen molar-refractivity contribution in [3.8, 4) is 5.75 Å². The van der Waals surface area contributed by atoms with Gasteiger partial charge in [-0.2, -0.15) is 0 Å². The van der Waals surface area contributed by atoms with Gasteiger partial charge in [0, 0.05) is 0 Å². The van der Waals surface area contributed by atoms with Crippen LogP contribution in [0.25, 0.3) is 0 Å². The first-order valence-electron chi connectivity index (χ1n) is 9.46. The lowest BCUT2D eigenvalue weighted by atomic mass is 9.99. The van der Waals surface area contributed by atoms with Crippen LogP contribution >= 0.6 is 0 Å². The predicted octanol–water partition coefficient (Wildman–Crippen LogP) is 4.37. The van der Waals surface area contributed by atoms with Crippen LogP contribution in [0.3, 0.4) is 0 Å². The van der Waals surface area contributed by atoms with E-state index in [1.54, 1.807) is 36.4 Å². The molecule has 156 valence electrons. The van der Waals surface area contributed by atoms with Gasteiger partial charge in [-0.15, -0.1) is 0 Å². The third-order valence-corrected chi connectivity index (χ3v) is 6.15. The maximum atomic E-state index is 12.8. The van der Waals surface area contributed by atoms with Crippen molar-refractivity contribution in [2.75, 3.05) is 11.8 Å². The standard InChI is InChI=1S/C23H23NO5S/c1-29-19-13-15-20(16-14-19)30(27,28)24-22-12-5-3-8-18(22)10-6-9-17-7-2-4-11-21(17)23(25)26/h2-5,7-8,11-16,24H,6,9-10H2,1H3,(H,25,26). The van der Waals surface area contributed by atoms with Gasteiger partial charge in [0.25, 0.3) is 10.0 Å². The molecule has 0 radical (unpaired) electrons. The van der Waals surface area contributed by atoms with Crippen LogP contribution in [0.4, 0.5) is 5.69 Å². The highest BCUT2D eigenvalue weighted by molar-refractivity contribution is 7.92. The molecule has 3 rings (SSSR count). The molecule has 0 saturated heterocycles. The molecule has 30 heavy (non-hydrogen) atoms. The molecule has 3 aromatic carbocycles. The predicted molar refractivity (Wildman–Crippen MR) is 116 cm³/mol. The number of para-hydroxylation sites is 1. The van der Waals surface area contributed by atoms with Crippen LogP contribution in [0.15, 0.2) is 77.7 Å². The number of ether oxygens (including phenoxy) is 1. The second-order valence-electron chi connectivity index (χ2n) is 6.75. The van der Waals surface area contributed by atoms with Crippen molar-refractivity contribution >= 4 is 21.7 Å². The number of carboxylic acid groups (broad SMARTS) is 1. The molecule has 0 aliphatic rings. The highest BCUT2D eigenvalue weighted by Gasteiger charge is 2.16. The van der Waals surface area contributed by atoms with Gasteiger partial charge in [0.05, 0.1) is 23.3 Å². The van der Waals surface area contributed by atoms with Gasteiger partial charge in [-0.1, -0.05) is 36.4 Å². The number of aromatic carboxylic acids is 1. The molecule has 0 aromatic heterocycles. The maximum absolute atomic E-state index is 12.8. The van der Waals surface area contributed by atoms with Crippen LogP contribution in [0.1, 0.15) is 27.9 Å². The van der Waals surface area contributed by atoms with Gasteiger partial charge in [0.15, 0.2) is 0 Å². The summed E-state index contributed by atoms with van der Waals surface area (Å²) in [5.74, 6) is -0.366. The Bertz CT molecular complexity index is 1120. The maximum Gasteiger partial charge on any atom is 0.335 e. The Morgan fingerprint density at radius 3 is 2.17 bits per heavy atom. The summed E-state index contributed by atoms with van der Waals surface area (Å²) in [4.78, 5) is 11.5. The van der Waals surface area contributed by atoms with Crippen LogP contribution < -0.4 is 9.46 Å². The molecular formula is C23H23NO5S. The summed E-state index contributed by atoms with van der Waals surface area (Å²) >= 11 is 0. The molecule has 2 N–H and O–H groups in total. The lowest BCUT2D eigenvalue weighted by molar-refractivity contribution is 0.0695. The molecule has 0 fully saturated rings. The normalized spacial score (nSPS) is 11.1. The molecule has 7 heteroatoms. The number of sulfonamides is 1. The van der Waals surface area contributed by atoms with Gasteiger partial charge in [-0.25, -0.2) is 13.2 Å². The largest absolute Gasteiger partial charge is 0.497 e. The van der Waals surface area contributed by atoms with E-state index < -0.39 is 16.0 Å². The summed E-state index contributed by atoms with van der Waals surface area (Å²) in [5.41, 5.74) is 2.43. The van der Waals surface area contributed by atoms with Gasteiger partial charge in [0.2, 0.25) is 0 Å². The number of aryl methyl sites for hydroxylation is 2. The zero-order valence-electron chi connectivity index (χ0n) is 16.5. The van der Waals surface area contributed by atoms with Gasteiger partial charge in [0.1, 0.15) is 5.75 Å². The van der Waals surface area contributed by atoms with Crippen LogP contribution in [0.5, 0.6) is 5.75 Å². The fourth-order valence-electron chi connectivity index (χ4n) is 3.21. The third kappa shape index (κ3) is 5.18. The van der Waals surface area contributed by atoms with Crippen LogP contribution in [0.2, 0.25) is 0 Å². The van der Waals surface area contributed by atoms with Gasteiger partial charge in [-0.3, -0.25) is 4.72 Å². The van der Waals surface area contributed by atoms with Crippen molar-refractivity contribution in [3.05, 3.63) is 89.5 Å². The number of methoxy groups -OCH3 is 1. The second-order valence-corrected chi connectivity index (χ2v) is 8.44. The van der Waals surface area contributed by atoms with Crippen LogP contribution in [-0.4, -0.2) is 26.6 Å². The highest BCUT2D eigenvalue weighted by atomic mass is 32.2. The Balaban J connectivity index is 1.72. The average Bonchev–Trinajstić information content (AvgIpc) is 2.75. The minimum absolute atomic E-state index is 0.147. The van der Waals surface area contributed by atoms with Crippen molar-refractivity contribution in [2.24, 2.45) is 0 Å². The molecule has 3 aromatic rings. The van der Waals surface area contributed by atoms with E-state index in [1.165, 1.54) is 19.2 Å². The number of benzene rings is 3. The Hall–Kier alpha value is -3.32. The average molecular weight is 426 g/mol. The molecule has 0 heterocycles. The second kappa shape index (κ2) is 9.45. The van der Waals surface area contributed by atoms with E-state index in [-0.39, 0.29) is 4.90 Å². The molecule has 0 aliphatic heterocycles. The molecule has 0 amide bonds. The Morgan fingerprint density at radius 1 is 0.900 bits per heavy atom. The first kappa shape index (κ1) is 21.4. The molecule has 0 aliphatic carbocycles. The fourth-order valence-corrected chi connectivity index (χ4v) is 4.31. The number of carboxylic acids is 1. The summed E-state index contributed by atoms with van der Waals surface area (Å²) in [6.45, 7) is 0. The number of rotatable bonds is 9. The van der Waals surface area contributed by atoms with E-state index in [9.17, 15) is 18.3 Å². The molecule has 6 nitrogen and oxygen atoms in total. The van der Waals surface area contributed by atoms with Crippen molar-refractivity contribution < 1.29 is 23.1 Å². The molecular weight excluding hydrogens is 402 g/mol. The smallest absolute Gasteiger partial charge is 0.335 e. The quantitative estimate of drug-likeness (QED) is 0.531. The topological polar surface area (TPSA) is 92.7 Å². The number of anilines is 1. The van der Waals surface area contributed by atoms with Crippen LogP contribution in [-0.2, 0) is 22.9 Å². The first-order valence-corrected chi connectivity index (χ1v) is 10.9. The zero-order chi connectivity index (χ0) is 21.6. The fraction of sp³-hybridized carbons (Fsp3) is 0.174. The molecule has 0 saturated carbocycles. The summed E-state index contributed by atoms with van der Waals surface area (Å²) in [7, 11) is -2.22.